The summed E-state index contributed by atoms with van der Waals surface area (Å²) in [6, 6.07) is 1.64. The Bertz CT molecular complexity index is 307. The Balaban J connectivity index is 1.57. The van der Waals surface area contributed by atoms with Crippen LogP contribution >= 0.6 is 0 Å². The van der Waals surface area contributed by atoms with Crippen LogP contribution in [0.4, 0.5) is 0 Å². The lowest BCUT2D eigenvalue weighted by Crippen LogP contribution is -2.60. The minimum Gasteiger partial charge on any atom is -0.311 e. The number of nitrogens with one attached hydrogen (secondary N) is 1. The van der Waals surface area contributed by atoms with Crippen molar-refractivity contribution in [2.75, 3.05) is 19.6 Å². The maximum atomic E-state index is 3.95. The molecule has 3 fully saturated rings. The summed E-state index contributed by atoms with van der Waals surface area (Å²) < 4.78 is 0. The fourth-order valence-electron chi connectivity index (χ4n) is 4.85. The number of piperazine rings is 1. The van der Waals surface area contributed by atoms with Crippen LogP contribution in [0.5, 0.6) is 0 Å². The first-order chi connectivity index (χ1) is 10.3. The summed E-state index contributed by atoms with van der Waals surface area (Å²) in [7, 11) is 0. The molecule has 1 heterocycles. The average Bonchev–Trinajstić information content (AvgIpc) is 3.33. The molecular formula is C19H36N2. The van der Waals surface area contributed by atoms with Crippen LogP contribution in [0.1, 0.15) is 71.6 Å². The second-order valence-corrected chi connectivity index (χ2v) is 8.17. The number of hydrogen-bond acceptors (Lipinski definition) is 2. The fraction of sp³-hybridized carbons (Fsp3) is 1.00. The van der Waals surface area contributed by atoms with Crippen LogP contribution in [-0.4, -0.2) is 36.6 Å². The van der Waals surface area contributed by atoms with Gasteiger partial charge in [-0.05, 0) is 49.9 Å². The van der Waals surface area contributed by atoms with E-state index in [1.165, 1.54) is 77.4 Å². The number of hydrogen-bond donors (Lipinski definition) is 1. The molecule has 0 aromatic rings. The Morgan fingerprint density at radius 3 is 2.48 bits per heavy atom. The van der Waals surface area contributed by atoms with Gasteiger partial charge >= 0.3 is 0 Å². The zero-order valence-electron chi connectivity index (χ0n) is 14.3. The van der Waals surface area contributed by atoms with Crippen molar-refractivity contribution in [3.63, 3.8) is 0 Å². The highest BCUT2D eigenvalue weighted by Crippen LogP contribution is 2.38. The highest BCUT2D eigenvalue weighted by atomic mass is 15.2. The summed E-state index contributed by atoms with van der Waals surface area (Å²) in [4.78, 5) is 2.90. The third-order valence-electron chi connectivity index (χ3n) is 6.20. The molecule has 3 rings (SSSR count). The van der Waals surface area contributed by atoms with Crippen molar-refractivity contribution in [2.24, 2.45) is 17.8 Å². The number of nitrogens with zero attached hydrogens (tertiary/aromatic N) is 1. The molecule has 21 heavy (non-hydrogen) atoms. The van der Waals surface area contributed by atoms with Gasteiger partial charge in [0.15, 0.2) is 0 Å². The van der Waals surface area contributed by atoms with Crippen LogP contribution in [0, 0.1) is 17.8 Å². The summed E-state index contributed by atoms with van der Waals surface area (Å²) in [5.74, 6) is 2.85. The molecule has 2 heteroatoms. The van der Waals surface area contributed by atoms with Crippen LogP contribution in [0.25, 0.3) is 0 Å². The van der Waals surface area contributed by atoms with Crippen LogP contribution in [-0.2, 0) is 0 Å². The lowest BCUT2D eigenvalue weighted by Gasteiger charge is -2.45. The standard InChI is InChI=1S/C19H36N2/c1-3-7-15(2)13-21-14-18(16-8-5-4-6-9-16)20-12-19(21)17-10-11-17/h15-20H,3-14H2,1-2H3. The van der Waals surface area contributed by atoms with Gasteiger partial charge in [-0.25, -0.2) is 0 Å². The summed E-state index contributed by atoms with van der Waals surface area (Å²) in [6.45, 7) is 8.74. The van der Waals surface area contributed by atoms with Crippen molar-refractivity contribution in [1.29, 1.82) is 0 Å². The Morgan fingerprint density at radius 1 is 1.05 bits per heavy atom. The van der Waals surface area contributed by atoms with Gasteiger partial charge in [0.05, 0.1) is 0 Å². The molecule has 0 aromatic carbocycles. The van der Waals surface area contributed by atoms with Crippen LogP contribution in [0.2, 0.25) is 0 Å². The molecule has 0 aromatic heterocycles. The molecule has 3 aliphatic rings. The van der Waals surface area contributed by atoms with Gasteiger partial charge in [0.1, 0.15) is 0 Å². The third kappa shape index (κ3) is 4.22. The van der Waals surface area contributed by atoms with E-state index in [9.17, 15) is 0 Å². The van der Waals surface area contributed by atoms with E-state index in [4.69, 9.17) is 0 Å². The number of rotatable bonds is 6. The Morgan fingerprint density at radius 2 is 1.81 bits per heavy atom. The molecule has 0 spiro atoms. The molecule has 0 bridgehead atoms. The molecule has 2 aliphatic carbocycles. The molecule has 122 valence electrons. The van der Waals surface area contributed by atoms with E-state index in [0.717, 1.165) is 29.8 Å². The van der Waals surface area contributed by atoms with Crippen molar-refractivity contribution in [3.05, 3.63) is 0 Å². The van der Waals surface area contributed by atoms with Gasteiger partial charge in [-0.3, -0.25) is 4.90 Å². The third-order valence-corrected chi connectivity index (χ3v) is 6.20. The van der Waals surface area contributed by atoms with E-state index < -0.39 is 0 Å². The average molecular weight is 293 g/mol. The van der Waals surface area contributed by atoms with Crippen molar-refractivity contribution in [3.8, 4) is 0 Å². The second kappa shape index (κ2) is 7.46. The van der Waals surface area contributed by atoms with Gasteiger partial charge < -0.3 is 5.32 Å². The first-order valence-electron chi connectivity index (χ1n) is 9.75. The van der Waals surface area contributed by atoms with E-state index in [1.54, 1.807) is 0 Å². The van der Waals surface area contributed by atoms with Gasteiger partial charge in [0.2, 0.25) is 0 Å². The fourth-order valence-corrected chi connectivity index (χ4v) is 4.85. The quantitative estimate of drug-likeness (QED) is 0.794. The highest BCUT2D eigenvalue weighted by molar-refractivity contribution is 4.97. The van der Waals surface area contributed by atoms with Gasteiger partial charge in [0, 0.05) is 31.7 Å². The van der Waals surface area contributed by atoms with Crippen molar-refractivity contribution in [2.45, 2.75) is 83.7 Å². The highest BCUT2D eigenvalue weighted by Gasteiger charge is 2.40. The van der Waals surface area contributed by atoms with E-state index in [1.807, 2.05) is 0 Å². The molecule has 1 N–H and O–H groups in total. The first kappa shape index (κ1) is 15.8. The Kier molecular flexibility index (Phi) is 5.61. The normalized spacial score (nSPS) is 34.0. The van der Waals surface area contributed by atoms with Gasteiger partial charge in [0.25, 0.3) is 0 Å². The van der Waals surface area contributed by atoms with Crippen LogP contribution in [0.3, 0.4) is 0 Å². The zero-order valence-corrected chi connectivity index (χ0v) is 14.3. The van der Waals surface area contributed by atoms with Crippen molar-refractivity contribution >= 4 is 0 Å². The van der Waals surface area contributed by atoms with Crippen LogP contribution < -0.4 is 5.32 Å². The van der Waals surface area contributed by atoms with Gasteiger partial charge in [-0.1, -0.05) is 39.5 Å². The minimum atomic E-state index is 0.786. The minimum absolute atomic E-state index is 0.786. The Labute approximate surface area is 132 Å². The predicted octanol–water partition coefficient (Wildman–Crippen LogP) is 4.06. The monoisotopic (exact) mass is 292 g/mol. The van der Waals surface area contributed by atoms with Gasteiger partial charge in [-0.15, -0.1) is 0 Å². The van der Waals surface area contributed by atoms with E-state index in [0.29, 0.717) is 0 Å². The largest absolute Gasteiger partial charge is 0.311 e. The van der Waals surface area contributed by atoms with Crippen molar-refractivity contribution < 1.29 is 0 Å². The smallest absolute Gasteiger partial charge is 0.0249 e. The molecule has 2 nitrogen and oxygen atoms in total. The first-order valence-corrected chi connectivity index (χ1v) is 9.75. The molecule has 2 saturated carbocycles. The zero-order chi connectivity index (χ0) is 14.7. The SMILES string of the molecule is CCCC(C)CN1CC(C2CCCCC2)NCC1C1CC1. The van der Waals surface area contributed by atoms with Crippen LogP contribution in [0.15, 0.2) is 0 Å². The maximum absolute atomic E-state index is 3.95. The molecule has 1 saturated heterocycles. The summed E-state index contributed by atoms with van der Waals surface area (Å²) in [5.41, 5.74) is 0. The molecule has 0 amide bonds. The lowest BCUT2D eigenvalue weighted by atomic mass is 9.82. The Hall–Kier alpha value is -0.0800. The maximum Gasteiger partial charge on any atom is 0.0249 e. The molecule has 0 radical (unpaired) electrons. The summed E-state index contributed by atoms with van der Waals surface area (Å²) >= 11 is 0. The lowest BCUT2D eigenvalue weighted by molar-refractivity contribution is 0.0713. The van der Waals surface area contributed by atoms with E-state index in [2.05, 4.69) is 24.1 Å². The predicted molar refractivity (Wildman–Crippen MR) is 90.5 cm³/mol. The van der Waals surface area contributed by atoms with E-state index >= 15 is 0 Å². The summed E-state index contributed by atoms with van der Waals surface area (Å²) in [6.07, 6.45) is 13.1. The molecule has 1 aliphatic heterocycles. The molecule has 3 atom stereocenters. The molecule has 3 unspecified atom stereocenters. The van der Waals surface area contributed by atoms with Crippen molar-refractivity contribution in [1.82, 2.24) is 10.2 Å². The molecular weight excluding hydrogens is 256 g/mol. The second-order valence-electron chi connectivity index (χ2n) is 8.17. The topological polar surface area (TPSA) is 15.3 Å². The summed E-state index contributed by atoms with van der Waals surface area (Å²) in [5, 5.41) is 3.95. The van der Waals surface area contributed by atoms with Gasteiger partial charge in [-0.2, -0.15) is 0 Å². The van der Waals surface area contributed by atoms with E-state index in [-0.39, 0.29) is 0 Å².